The number of aryl methyl sites for hydroxylation is 1. The number of nitrogens with one attached hydrogen (secondary N) is 4. The molecule has 7 rings (SSSR count). The van der Waals surface area contributed by atoms with Crippen molar-refractivity contribution in [3.63, 3.8) is 0 Å². The standard InChI is InChI=1S/C59H90N8O9.CH4O4S/c1-35(2)16-17-37(5)43-20-21-44-42-19-18-40-32-41(24-26-58(40,7)45(42)25-27-59(43,44)8)76-51(69)33-61-54(72)48-14-11-30-67(48)57(75)47(31-36(3)4)64-53(71)46(22-23-50(60)68)63-52(70)38(6)62-55(73)49-15-12-29-66(49)56(74)39-13-10-28-65(9)34-39;1-5-6(2,3)4/h10,13,18,28,34-38,41-49H,11-12,14-17,19-27,29-33H2,1-9H3,(H5-,60,61,62,63,64,68,70,71,72,73);1H3,(H,2,3,4)/t37-,38+,41-,42+,43-,44+,45+,46+,47+,48+,49+,58+,59-;/m1./s1. The fourth-order valence-corrected chi connectivity index (χ4v) is 14.9. The highest BCUT2D eigenvalue weighted by atomic mass is 32.3. The van der Waals surface area contributed by atoms with Gasteiger partial charge in [-0.15, -0.1) is 0 Å². The quantitative estimate of drug-likeness (QED) is 0.0347. The highest BCUT2D eigenvalue weighted by Gasteiger charge is 2.59. The summed E-state index contributed by atoms with van der Waals surface area (Å²) in [5.74, 6) is -0.109. The molecule has 4 aliphatic carbocycles. The van der Waals surface area contributed by atoms with E-state index < -0.39 is 82.0 Å². The van der Waals surface area contributed by atoms with Gasteiger partial charge in [-0.05, 0) is 149 Å². The third-order valence-corrected chi connectivity index (χ3v) is 19.6. The lowest BCUT2D eigenvalue weighted by atomic mass is 9.47. The van der Waals surface area contributed by atoms with Crippen molar-refractivity contribution in [2.24, 2.45) is 65.0 Å². The number of likely N-dealkylation sites (tertiary alicyclic amines) is 2. The lowest BCUT2D eigenvalue weighted by Crippen LogP contribution is -2.59. The third kappa shape index (κ3) is 16.4. The molecular weight excluding hydrogens is 1070 g/mol. The molecule has 2 saturated heterocycles. The van der Waals surface area contributed by atoms with Crippen LogP contribution in [0.3, 0.4) is 0 Å². The summed E-state index contributed by atoms with van der Waals surface area (Å²) in [6.07, 6.45) is 18.8. The molecule has 0 aromatic carbocycles. The average molecular weight is 1170 g/mol. The highest BCUT2D eigenvalue weighted by Crippen LogP contribution is 2.67. The van der Waals surface area contributed by atoms with E-state index in [1.165, 1.54) is 60.8 Å². The normalized spacial score (nSPS) is 28.2. The molecule has 0 radical (unpaired) electrons. The van der Waals surface area contributed by atoms with Crippen LogP contribution in [0.1, 0.15) is 175 Å². The van der Waals surface area contributed by atoms with Crippen LogP contribution in [0.4, 0.5) is 0 Å². The zero-order chi connectivity index (χ0) is 60.4. The summed E-state index contributed by atoms with van der Waals surface area (Å²) in [4.78, 5) is 111. The van der Waals surface area contributed by atoms with Gasteiger partial charge in [0, 0.05) is 32.0 Å². The highest BCUT2D eigenvalue weighted by molar-refractivity contribution is 7.80. The van der Waals surface area contributed by atoms with Crippen LogP contribution < -0.4 is 31.6 Å². The lowest BCUT2D eigenvalue weighted by Gasteiger charge is -2.58. The van der Waals surface area contributed by atoms with Gasteiger partial charge in [-0.3, -0.25) is 42.5 Å². The van der Waals surface area contributed by atoms with Crippen LogP contribution in [0.5, 0.6) is 0 Å². The van der Waals surface area contributed by atoms with E-state index in [4.69, 9.17) is 10.5 Å². The maximum atomic E-state index is 14.4. The van der Waals surface area contributed by atoms with Crippen LogP contribution in [-0.2, 0) is 59.9 Å². The van der Waals surface area contributed by atoms with E-state index in [0.717, 1.165) is 50.0 Å². The van der Waals surface area contributed by atoms with Gasteiger partial charge in [0.15, 0.2) is 12.4 Å². The summed E-state index contributed by atoms with van der Waals surface area (Å²) in [5.41, 5.74) is 7.84. The number of allylic oxidation sites excluding steroid dienone is 1. The molecule has 7 amide bonds. The fourth-order valence-electron chi connectivity index (χ4n) is 14.9. The Morgan fingerprint density at radius 3 is 2.10 bits per heavy atom. The minimum Gasteiger partial charge on any atom is -0.726 e. The largest absolute Gasteiger partial charge is 0.726 e. The number of esters is 1. The zero-order valence-corrected chi connectivity index (χ0v) is 51.0. The minimum absolute atomic E-state index is 0.0744. The number of hydrogen-bond donors (Lipinski definition) is 5. The molecule has 3 heterocycles. The Morgan fingerprint density at radius 1 is 0.805 bits per heavy atom. The molecular formula is C60H94N8O13S. The monoisotopic (exact) mass is 1170 g/mol. The van der Waals surface area contributed by atoms with Gasteiger partial charge in [0.2, 0.25) is 45.8 Å². The molecule has 6 aliphatic rings. The number of fused-ring (bicyclic) bond motifs is 5. The molecule has 6 N–H and O–H groups in total. The molecule has 2 aliphatic heterocycles. The molecule has 1 aromatic heterocycles. The molecule has 458 valence electrons. The topological polar surface area (TPSA) is 297 Å². The van der Waals surface area contributed by atoms with Crippen molar-refractivity contribution in [3.8, 4) is 0 Å². The Labute approximate surface area is 486 Å². The molecule has 21 nitrogen and oxygen atoms in total. The summed E-state index contributed by atoms with van der Waals surface area (Å²) in [7, 11) is -1.81. The van der Waals surface area contributed by atoms with Gasteiger partial charge < -0.3 is 46.1 Å². The van der Waals surface area contributed by atoms with Gasteiger partial charge in [0.05, 0.1) is 7.11 Å². The molecule has 0 bridgehead atoms. The van der Waals surface area contributed by atoms with E-state index in [-0.39, 0.29) is 55.7 Å². The Kier molecular flexibility index (Phi) is 22.7. The Balaban J connectivity index is 0.00000171. The van der Waals surface area contributed by atoms with Crippen LogP contribution in [0.2, 0.25) is 0 Å². The molecule has 0 spiro atoms. The van der Waals surface area contributed by atoms with Crippen molar-refractivity contribution >= 4 is 57.7 Å². The van der Waals surface area contributed by atoms with E-state index in [1.807, 2.05) is 13.8 Å². The van der Waals surface area contributed by atoms with Crippen molar-refractivity contribution < 1.29 is 64.8 Å². The summed E-state index contributed by atoms with van der Waals surface area (Å²) in [6, 6.07) is -1.80. The van der Waals surface area contributed by atoms with Gasteiger partial charge >= 0.3 is 5.97 Å². The SMILES string of the molecule is CC(C)CC[C@@H](C)[C@H]1CC[C@H]2[C@@H]3CC=C4C[C@H](OC(=O)CNC(=O)[C@@H]5CCCN5C(=O)[C@H](CC(C)C)NC(=O)[C@H](CCC(N)=O)NC(=O)[C@H](C)NC(=O)[C@@H]5CCCN5C(=O)c5ccc[n+](C)c5)CC[C@]4(C)[C@H]3CC[C@]12C.COS(=O)(=O)[O-]. The Hall–Kier alpha value is -5.48. The molecule has 3 saturated carbocycles. The predicted molar refractivity (Wildman–Crippen MR) is 304 cm³/mol. The smallest absolute Gasteiger partial charge is 0.325 e. The summed E-state index contributed by atoms with van der Waals surface area (Å²) >= 11 is 0. The van der Waals surface area contributed by atoms with Gasteiger partial charge in [0.1, 0.15) is 55.5 Å². The predicted octanol–water partition coefficient (Wildman–Crippen LogP) is 4.66. The van der Waals surface area contributed by atoms with E-state index in [2.05, 4.69) is 66.1 Å². The first-order valence-corrected chi connectivity index (χ1v) is 31.3. The number of primary amides is 1. The second-order valence-corrected chi connectivity index (χ2v) is 26.8. The summed E-state index contributed by atoms with van der Waals surface area (Å²) in [5, 5.41) is 10.9. The van der Waals surface area contributed by atoms with Crippen molar-refractivity contribution in [2.45, 2.75) is 201 Å². The van der Waals surface area contributed by atoms with Crippen LogP contribution in [0, 0.1) is 52.3 Å². The first-order chi connectivity index (χ1) is 38.6. The molecule has 13 atom stereocenters. The minimum atomic E-state index is -4.41. The van der Waals surface area contributed by atoms with Gasteiger partial charge in [-0.1, -0.05) is 73.0 Å². The van der Waals surface area contributed by atoms with Crippen molar-refractivity contribution in [1.29, 1.82) is 0 Å². The lowest BCUT2D eigenvalue weighted by molar-refractivity contribution is -0.671. The summed E-state index contributed by atoms with van der Waals surface area (Å²) < 4.78 is 38.8. The van der Waals surface area contributed by atoms with E-state index in [9.17, 15) is 51.3 Å². The molecule has 82 heavy (non-hydrogen) atoms. The van der Waals surface area contributed by atoms with Gasteiger partial charge in [-0.2, -0.15) is 0 Å². The number of carbonyl (C=O) groups excluding carboxylic acids is 8. The summed E-state index contributed by atoms with van der Waals surface area (Å²) in [6.45, 7) is 17.8. The van der Waals surface area contributed by atoms with Crippen LogP contribution >= 0.6 is 0 Å². The molecule has 0 unspecified atom stereocenters. The van der Waals surface area contributed by atoms with Gasteiger partial charge in [-0.25, -0.2) is 13.0 Å². The number of aromatic nitrogens is 1. The first kappa shape index (κ1) is 65.7. The fraction of sp³-hybridized carbons (Fsp3) is 0.750. The van der Waals surface area contributed by atoms with E-state index in [1.54, 1.807) is 36.1 Å². The maximum Gasteiger partial charge on any atom is 0.325 e. The maximum absolute atomic E-state index is 14.4. The molecule has 1 aromatic rings. The second-order valence-electron chi connectivity index (χ2n) is 25.7. The number of rotatable bonds is 22. The zero-order valence-electron chi connectivity index (χ0n) is 50.2. The Bertz CT molecular complexity index is 2630. The van der Waals surface area contributed by atoms with Crippen LogP contribution in [0.25, 0.3) is 0 Å². The second kappa shape index (κ2) is 28.4. The van der Waals surface area contributed by atoms with Crippen LogP contribution in [0.15, 0.2) is 36.2 Å². The number of nitrogens with two attached hydrogens (primary N) is 1. The van der Waals surface area contributed by atoms with E-state index in [0.29, 0.717) is 61.5 Å². The number of pyridine rings is 1. The number of ether oxygens (including phenoxy) is 1. The Morgan fingerprint density at radius 2 is 1.46 bits per heavy atom. The van der Waals surface area contributed by atoms with Crippen molar-refractivity contribution in [2.75, 3.05) is 26.7 Å². The third-order valence-electron chi connectivity index (χ3n) is 19.2. The van der Waals surface area contributed by atoms with E-state index >= 15 is 0 Å². The van der Waals surface area contributed by atoms with Crippen molar-refractivity contribution in [3.05, 3.63) is 41.7 Å². The molecule has 5 fully saturated rings. The first-order valence-electron chi connectivity index (χ1n) is 30.0. The van der Waals surface area contributed by atoms with Crippen molar-refractivity contribution in [1.82, 2.24) is 31.1 Å². The average Bonchev–Trinajstić information content (AvgIpc) is 1.65. The van der Waals surface area contributed by atoms with Gasteiger partial charge in [0.25, 0.3) is 5.91 Å². The number of nitrogens with zero attached hydrogens (tertiary/aromatic N) is 3. The number of carbonyl (C=O) groups is 8. The number of amides is 7. The van der Waals surface area contributed by atoms with Crippen LogP contribution in [-0.4, -0.2) is 133 Å². The number of hydrogen-bond acceptors (Lipinski definition) is 13. The molecule has 22 heteroatoms.